The van der Waals surface area contributed by atoms with Crippen LogP contribution in [0.25, 0.3) is 0 Å². The fourth-order valence-electron chi connectivity index (χ4n) is 3.99. The quantitative estimate of drug-likeness (QED) is 0.682. The molecule has 0 aliphatic heterocycles. The highest BCUT2D eigenvalue weighted by Gasteiger charge is 2.36. The van der Waals surface area contributed by atoms with E-state index in [-0.39, 0.29) is 0 Å². The van der Waals surface area contributed by atoms with Crippen LogP contribution < -0.4 is 5.32 Å². The molecule has 2 unspecified atom stereocenters. The van der Waals surface area contributed by atoms with E-state index in [0.29, 0.717) is 5.41 Å². The highest BCUT2D eigenvalue weighted by atomic mass is 14.9. The molecule has 1 heteroatoms. The fraction of sp³-hybridized carbons (Fsp3) is 1.00. The van der Waals surface area contributed by atoms with Gasteiger partial charge in [0.2, 0.25) is 0 Å². The molecule has 1 N–H and O–H groups in total. The minimum absolute atomic E-state index is 0.590. The van der Waals surface area contributed by atoms with Crippen LogP contribution in [0.4, 0.5) is 0 Å². The fourth-order valence-corrected chi connectivity index (χ4v) is 3.99. The van der Waals surface area contributed by atoms with Crippen LogP contribution in [-0.2, 0) is 0 Å². The molecule has 0 saturated heterocycles. The van der Waals surface area contributed by atoms with E-state index in [1.54, 1.807) is 0 Å². The number of hydrogen-bond donors (Lipinski definition) is 1. The maximum absolute atomic E-state index is 3.79. The second kappa shape index (κ2) is 6.61. The molecule has 19 heavy (non-hydrogen) atoms. The average molecular weight is 265 g/mol. The van der Waals surface area contributed by atoms with Crippen LogP contribution in [-0.4, -0.2) is 12.6 Å². The van der Waals surface area contributed by atoms with Crippen molar-refractivity contribution < 1.29 is 0 Å². The Morgan fingerprint density at radius 1 is 1.05 bits per heavy atom. The lowest BCUT2D eigenvalue weighted by molar-refractivity contribution is 0.0952. The molecule has 2 rings (SSSR count). The van der Waals surface area contributed by atoms with Crippen molar-refractivity contribution in [3.63, 3.8) is 0 Å². The van der Waals surface area contributed by atoms with E-state index in [1.165, 1.54) is 57.9 Å². The Morgan fingerprint density at radius 2 is 1.74 bits per heavy atom. The van der Waals surface area contributed by atoms with Gasteiger partial charge in [0, 0.05) is 6.04 Å². The summed E-state index contributed by atoms with van der Waals surface area (Å²) in [5.41, 5.74) is 0.590. The summed E-state index contributed by atoms with van der Waals surface area (Å²) in [4.78, 5) is 0. The van der Waals surface area contributed by atoms with Gasteiger partial charge in [-0.1, -0.05) is 40.5 Å². The van der Waals surface area contributed by atoms with Gasteiger partial charge in [-0.15, -0.1) is 0 Å². The minimum atomic E-state index is 0.590. The predicted octanol–water partition coefficient (Wildman–Crippen LogP) is 5.01. The zero-order valence-electron chi connectivity index (χ0n) is 13.7. The lowest BCUT2D eigenvalue weighted by Gasteiger charge is -2.42. The van der Waals surface area contributed by atoms with Gasteiger partial charge in [-0.2, -0.15) is 0 Å². The van der Waals surface area contributed by atoms with Gasteiger partial charge in [0.15, 0.2) is 0 Å². The Kier molecular flexibility index (Phi) is 5.34. The monoisotopic (exact) mass is 265 g/mol. The van der Waals surface area contributed by atoms with Crippen molar-refractivity contribution in [3.05, 3.63) is 0 Å². The molecule has 2 aliphatic carbocycles. The maximum atomic E-state index is 3.79. The van der Waals surface area contributed by atoms with E-state index in [1.807, 2.05) is 0 Å². The van der Waals surface area contributed by atoms with Crippen LogP contribution in [0, 0.1) is 23.2 Å². The van der Waals surface area contributed by atoms with Crippen LogP contribution in [0.1, 0.15) is 79.1 Å². The summed E-state index contributed by atoms with van der Waals surface area (Å²) in [6, 6.07) is 0.878. The Morgan fingerprint density at radius 3 is 2.32 bits per heavy atom. The summed E-state index contributed by atoms with van der Waals surface area (Å²) >= 11 is 0. The highest BCUT2D eigenvalue weighted by Crippen LogP contribution is 2.44. The van der Waals surface area contributed by atoms with Crippen LogP contribution >= 0.6 is 0 Å². The SMILES string of the molecule is CCC(CC)CC1CC(C)(C)CCC1CNC1CC1. The van der Waals surface area contributed by atoms with E-state index in [0.717, 1.165) is 23.8 Å². The van der Waals surface area contributed by atoms with Gasteiger partial charge in [-0.05, 0) is 68.2 Å². The average Bonchev–Trinajstić information content (AvgIpc) is 3.18. The first kappa shape index (κ1) is 15.4. The Labute approximate surface area is 120 Å². The molecule has 2 aliphatic rings. The molecule has 0 bridgehead atoms. The lowest BCUT2D eigenvalue weighted by Crippen LogP contribution is -2.37. The van der Waals surface area contributed by atoms with Crippen molar-refractivity contribution in [1.82, 2.24) is 5.32 Å². The van der Waals surface area contributed by atoms with Crippen LogP contribution in [0.3, 0.4) is 0 Å². The van der Waals surface area contributed by atoms with Gasteiger partial charge in [-0.3, -0.25) is 0 Å². The van der Waals surface area contributed by atoms with Gasteiger partial charge in [-0.25, -0.2) is 0 Å². The molecule has 2 fully saturated rings. The molecular weight excluding hydrogens is 230 g/mol. The molecule has 0 aromatic heterocycles. The summed E-state index contributed by atoms with van der Waals surface area (Å²) in [6.45, 7) is 11.0. The largest absolute Gasteiger partial charge is 0.314 e. The van der Waals surface area contributed by atoms with Gasteiger partial charge < -0.3 is 5.32 Å². The third kappa shape index (κ3) is 4.77. The smallest absolute Gasteiger partial charge is 0.00683 e. The summed E-state index contributed by atoms with van der Waals surface area (Å²) in [7, 11) is 0. The second-order valence-electron chi connectivity index (χ2n) is 8.03. The summed E-state index contributed by atoms with van der Waals surface area (Å²) < 4.78 is 0. The van der Waals surface area contributed by atoms with Crippen molar-refractivity contribution >= 4 is 0 Å². The number of hydrogen-bond acceptors (Lipinski definition) is 1. The van der Waals surface area contributed by atoms with Crippen LogP contribution in [0.5, 0.6) is 0 Å². The molecule has 1 nitrogen and oxygen atoms in total. The van der Waals surface area contributed by atoms with Crippen molar-refractivity contribution in [2.45, 2.75) is 85.1 Å². The molecule has 0 amide bonds. The van der Waals surface area contributed by atoms with Crippen molar-refractivity contribution in [3.8, 4) is 0 Å². The molecule has 0 aromatic rings. The summed E-state index contributed by atoms with van der Waals surface area (Å²) in [5, 5.41) is 3.79. The number of rotatable bonds is 7. The van der Waals surface area contributed by atoms with Gasteiger partial charge in [0.1, 0.15) is 0 Å². The first-order chi connectivity index (χ1) is 9.04. The molecular formula is C18H35N. The minimum Gasteiger partial charge on any atom is -0.314 e. The van der Waals surface area contributed by atoms with Crippen LogP contribution in [0.2, 0.25) is 0 Å². The van der Waals surface area contributed by atoms with Crippen molar-refractivity contribution in [1.29, 1.82) is 0 Å². The van der Waals surface area contributed by atoms with E-state index in [2.05, 4.69) is 33.0 Å². The topological polar surface area (TPSA) is 12.0 Å². The van der Waals surface area contributed by atoms with E-state index >= 15 is 0 Å². The summed E-state index contributed by atoms with van der Waals surface area (Å²) in [5.74, 6) is 2.89. The first-order valence-electron chi connectivity index (χ1n) is 8.77. The lowest BCUT2D eigenvalue weighted by atomic mass is 9.64. The molecule has 2 saturated carbocycles. The standard InChI is InChI=1S/C18H35N/c1-5-14(6-2)11-16-12-18(3,4)10-9-15(16)13-19-17-7-8-17/h14-17,19H,5-13H2,1-4H3. The highest BCUT2D eigenvalue weighted by molar-refractivity contribution is 4.89. The van der Waals surface area contributed by atoms with Gasteiger partial charge >= 0.3 is 0 Å². The van der Waals surface area contributed by atoms with Gasteiger partial charge in [0.05, 0.1) is 0 Å². The second-order valence-corrected chi connectivity index (χ2v) is 8.03. The van der Waals surface area contributed by atoms with Crippen LogP contribution in [0.15, 0.2) is 0 Å². The Hall–Kier alpha value is -0.0400. The molecule has 0 spiro atoms. The van der Waals surface area contributed by atoms with Crippen molar-refractivity contribution in [2.75, 3.05) is 6.54 Å². The first-order valence-corrected chi connectivity index (χ1v) is 8.77. The third-order valence-electron chi connectivity index (χ3n) is 5.71. The molecule has 2 atom stereocenters. The number of nitrogens with one attached hydrogen (secondary N) is 1. The third-order valence-corrected chi connectivity index (χ3v) is 5.71. The summed E-state index contributed by atoms with van der Waals surface area (Å²) in [6.07, 6.45) is 11.4. The van der Waals surface area contributed by atoms with E-state index < -0.39 is 0 Å². The normalized spacial score (nSPS) is 30.8. The maximum Gasteiger partial charge on any atom is 0.00683 e. The van der Waals surface area contributed by atoms with E-state index in [9.17, 15) is 0 Å². The zero-order valence-corrected chi connectivity index (χ0v) is 13.7. The zero-order chi connectivity index (χ0) is 13.9. The molecule has 0 heterocycles. The van der Waals surface area contributed by atoms with Crippen molar-refractivity contribution in [2.24, 2.45) is 23.2 Å². The Bertz CT molecular complexity index is 261. The Balaban J connectivity index is 1.89. The molecule has 112 valence electrons. The predicted molar refractivity (Wildman–Crippen MR) is 84.3 cm³/mol. The molecule has 0 aromatic carbocycles. The van der Waals surface area contributed by atoms with E-state index in [4.69, 9.17) is 0 Å². The molecule has 0 radical (unpaired) electrons. The van der Waals surface area contributed by atoms with Gasteiger partial charge in [0.25, 0.3) is 0 Å².